The number of hydroxylamine groups is 2. The fourth-order valence-electron chi connectivity index (χ4n) is 1.13. The molecule has 1 heterocycles. The van der Waals surface area contributed by atoms with Crippen LogP contribution in [0.2, 0.25) is 0 Å². The molecule has 82 valence electrons. The summed E-state index contributed by atoms with van der Waals surface area (Å²) in [6, 6.07) is 0. The molecule has 0 unspecified atom stereocenters. The third-order valence-electron chi connectivity index (χ3n) is 1.89. The predicted octanol–water partition coefficient (Wildman–Crippen LogP) is -0.283. The largest absolute Gasteiger partial charge is 0.358 e. The van der Waals surface area contributed by atoms with E-state index in [1.54, 1.807) is 0 Å². The quantitative estimate of drug-likeness (QED) is 0.297. The molecule has 0 saturated carbocycles. The molecule has 1 aliphatic rings. The fraction of sp³-hybridized carbons (Fsp3) is 0.444. The van der Waals surface area contributed by atoms with Gasteiger partial charge in [0.25, 0.3) is 5.91 Å². The standard InChI is InChI=1S/C9H12N2O4/c1-7-2-3-8(13)11(7)15-9(14)4-5-10-6-12/h6H,1-5H2,(H,10,12)/i4+1,5+1,6+1,9+1,10+1. The lowest BCUT2D eigenvalue weighted by molar-refractivity contribution is -0.186. The van der Waals surface area contributed by atoms with Crippen molar-refractivity contribution in [3.63, 3.8) is 0 Å². The molecule has 1 fully saturated rings. The van der Waals surface area contributed by atoms with Crippen LogP contribution in [0.3, 0.4) is 0 Å². The zero-order chi connectivity index (χ0) is 11.3. The Bertz CT molecular complexity index is 284. The van der Waals surface area contributed by atoms with Crippen LogP contribution in [0.5, 0.6) is 0 Å². The van der Waals surface area contributed by atoms with Crippen molar-refractivity contribution in [2.45, 2.75) is 19.3 Å². The minimum absolute atomic E-state index is 0.0236. The van der Waals surface area contributed by atoms with Gasteiger partial charge in [0.05, 0.1) is 12.1 Å². The van der Waals surface area contributed by atoms with Gasteiger partial charge < -0.3 is 10.2 Å². The first-order valence-electron chi connectivity index (χ1n) is 4.53. The summed E-state index contributed by atoms with van der Waals surface area (Å²) in [7, 11) is 0. The smallest absolute Gasteiger partial charge is 0.334 e. The Balaban J connectivity index is 2.33. The highest BCUT2D eigenvalue weighted by molar-refractivity contribution is 5.82. The lowest BCUT2D eigenvalue weighted by atomic mass is 10.3. The summed E-state index contributed by atoms with van der Waals surface area (Å²) in [5, 5.41) is 3.24. The molecule has 0 atom stereocenters. The summed E-state index contributed by atoms with van der Waals surface area (Å²) in [4.78, 5) is 37.0. The average molecular weight is 217 g/mol. The van der Waals surface area contributed by atoms with E-state index in [0.717, 1.165) is 5.06 Å². The second-order valence-electron chi connectivity index (χ2n) is 3.04. The van der Waals surface area contributed by atoms with Crippen molar-refractivity contribution < 1.29 is 19.2 Å². The first-order valence-corrected chi connectivity index (χ1v) is 4.53. The molecule has 1 rings (SSSR count). The highest BCUT2D eigenvalue weighted by Crippen LogP contribution is 2.20. The van der Waals surface area contributed by atoms with Crippen LogP contribution in [0, 0.1) is 0 Å². The first kappa shape index (κ1) is 11.2. The molecule has 15 heavy (non-hydrogen) atoms. The van der Waals surface area contributed by atoms with Gasteiger partial charge in [-0.05, 0) is 6.42 Å². The summed E-state index contributed by atoms with van der Waals surface area (Å²) in [5.41, 5.74) is 0.483. The molecule has 2 amide bonds. The highest BCUT2D eigenvalue weighted by atomic mass is 16.8. The number of carbonyl (C=O) groups excluding carboxylic acids is 3. The number of rotatable bonds is 5. The van der Waals surface area contributed by atoms with Gasteiger partial charge in [-0.2, -0.15) is 0 Å². The van der Waals surface area contributed by atoms with E-state index in [1.165, 1.54) is 0 Å². The molecule has 1 N–H and O–H groups in total. The van der Waals surface area contributed by atoms with Crippen LogP contribution in [0.4, 0.5) is 0 Å². The Kier molecular flexibility index (Phi) is 3.84. The van der Waals surface area contributed by atoms with Gasteiger partial charge in [0.1, 0.15) is 0 Å². The minimum atomic E-state index is -0.569. The summed E-state index contributed by atoms with van der Waals surface area (Å²) < 4.78 is 0. The van der Waals surface area contributed by atoms with E-state index in [0.29, 0.717) is 24.9 Å². The maximum Gasteiger partial charge on any atom is 0.334 e. The number of nitrogens with zero attached hydrogens (tertiary/aromatic N) is 1. The van der Waals surface area contributed by atoms with E-state index in [4.69, 9.17) is 4.84 Å². The molecule has 0 bridgehead atoms. The van der Waals surface area contributed by atoms with Gasteiger partial charge >= 0.3 is 5.97 Å². The molecule has 1 aliphatic heterocycles. The monoisotopic (exact) mass is 217 g/mol. The number of allylic oxidation sites excluding steroid dienone is 1. The van der Waals surface area contributed by atoms with Crippen LogP contribution < -0.4 is 5.32 Å². The van der Waals surface area contributed by atoms with Crippen LogP contribution in [0.25, 0.3) is 0 Å². The molecular weight excluding hydrogens is 205 g/mol. The third-order valence-corrected chi connectivity index (χ3v) is 1.89. The maximum absolute atomic E-state index is 11.2. The lowest BCUT2D eigenvalue weighted by Crippen LogP contribution is -2.28. The molecule has 0 spiro atoms. The molecule has 0 aliphatic carbocycles. The third kappa shape index (κ3) is 3.08. The average Bonchev–Trinajstić information content (AvgIpc) is 2.50. The summed E-state index contributed by atoms with van der Waals surface area (Å²) >= 11 is 0. The van der Waals surface area contributed by atoms with Crippen molar-refractivity contribution in [1.82, 2.24) is 10.4 Å². The first-order chi connectivity index (χ1) is 7.15. The molecule has 6 heteroatoms. The molecule has 0 aromatic rings. The van der Waals surface area contributed by atoms with Crippen molar-refractivity contribution in [1.29, 1.82) is 0 Å². The van der Waals surface area contributed by atoms with Gasteiger partial charge in [0.15, 0.2) is 0 Å². The molecular formula is C9H12N2O4. The van der Waals surface area contributed by atoms with Crippen molar-refractivity contribution in [3.05, 3.63) is 12.3 Å². The van der Waals surface area contributed by atoms with Crippen LogP contribution >= 0.6 is 0 Å². The summed E-state index contributed by atoms with van der Waals surface area (Å²) in [5.74, 6) is -0.836. The molecule has 0 aromatic heterocycles. The summed E-state index contributed by atoms with van der Waals surface area (Å²) in [6.45, 7) is 3.78. The van der Waals surface area contributed by atoms with Crippen molar-refractivity contribution in [2.24, 2.45) is 0 Å². The van der Waals surface area contributed by atoms with Crippen LogP contribution in [-0.4, -0.2) is 29.9 Å². The van der Waals surface area contributed by atoms with Crippen LogP contribution in [0.15, 0.2) is 12.3 Å². The topological polar surface area (TPSA) is 75.7 Å². The highest BCUT2D eigenvalue weighted by Gasteiger charge is 2.27. The van der Waals surface area contributed by atoms with E-state index < -0.39 is 5.97 Å². The van der Waals surface area contributed by atoms with Gasteiger partial charge in [-0.1, -0.05) is 6.58 Å². The molecule has 1 saturated heterocycles. The minimum Gasteiger partial charge on any atom is -0.358 e. The number of hydrogen-bond acceptors (Lipinski definition) is 4. The van der Waals surface area contributed by atoms with Gasteiger partial charge in [0, 0.05) is 13.0 Å². The fourth-order valence-corrected chi connectivity index (χ4v) is 1.13. The zero-order valence-corrected chi connectivity index (χ0v) is 8.19. The van der Waals surface area contributed by atoms with Crippen LogP contribution in [-0.2, 0) is 19.2 Å². The maximum atomic E-state index is 11.2. The normalized spacial score (nSPS) is 15.3. The van der Waals surface area contributed by atoms with E-state index in [-0.39, 0.29) is 18.9 Å². The molecule has 6 nitrogen and oxygen atoms in total. The van der Waals surface area contributed by atoms with Crippen LogP contribution in [0.1, 0.15) is 19.3 Å². The Morgan fingerprint density at radius 3 is 2.87 bits per heavy atom. The zero-order valence-electron chi connectivity index (χ0n) is 8.19. The SMILES string of the molecule is C=C1CCC(=O)N1O[13C](=O)[13CH2][13CH2][15NH][13CH]=O. The van der Waals surface area contributed by atoms with Gasteiger partial charge in [-0.25, -0.2) is 4.79 Å². The van der Waals surface area contributed by atoms with Gasteiger partial charge in [0.2, 0.25) is 6.41 Å². The Hall–Kier alpha value is -1.85. The van der Waals surface area contributed by atoms with Crippen molar-refractivity contribution >= 4 is 18.3 Å². The Morgan fingerprint density at radius 2 is 2.33 bits per heavy atom. The van der Waals surface area contributed by atoms with Crippen molar-refractivity contribution in [3.8, 4) is 0 Å². The Morgan fingerprint density at radius 1 is 1.60 bits per heavy atom. The molecule has 0 radical (unpaired) electrons. The van der Waals surface area contributed by atoms with Gasteiger partial charge in [-0.15, -0.1) is 5.06 Å². The Labute approximate surface area is 86.8 Å². The number of hydrogen-bond donors (Lipinski definition) is 1. The van der Waals surface area contributed by atoms with E-state index in [1.807, 2.05) is 0 Å². The second-order valence-corrected chi connectivity index (χ2v) is 3.04. The molecule has 0 aromatic carbocycles. The number of carbonyl (C=O) groups is 3. The summed E-state index contributed by atoms with van der Waals surface area (Å²) in [6.07, 6.45) is 1.35. The van der Waals surface area contributed by atoms with E-state index >= 15 is 0 Å². The predicted molar refractivity (Wildman–Crippen MR) is 50.0 cm³/mol. The number of nitrogens with one attached hydrogen (secondary N) is 1. The second kappa shape index (κ2) is 5.14. The lowest BCUT2D eigenvalue weighted by Gasteiger charge is -2.15. The number of amides is 2. The van der Waals surface area contributed by atoms with E-state index in [2.05, 4.69) is 11.9 Å². The van der Waals surface area contributed by atoms with E-state index in [9.17, 15) is 14.4 Å². The van der Waals surface area contributed by atoms with Crippen molar-refractivity contribution in [2.75, 3.05) is 6.54 Å². The van der Waals surface area contributed by atoms with Gasteiger partial charge in [-0.3, -0.25) is 9.59 Å².